The average Bonchev–Trinajstić information content (AvgIpc) is 2.66. The van der Waals surface area contributed by atoms with Crippen LogP contribution < -0.4 is 5.32 Å². The monoisotopic (exact) mass is 270 g/mol. The summed E-state index contributed by atoms with van der Waals surface area (Å²) in [4.78, 5) is 15.5. The molecule has 6 heteroatoms. The van der Waals surface area contributed by atoms with Crippen molar-refractivity contribution < 1.29 is 13.6 Å². The number of nitrogens with one attached hydrogen (secondary N) is 1. The van der Waals surface area contributed by atoms with Crippen LogP contribution in [0.4, 0.5) is 14.5 Å². The smallest absolute Gasteiger partial charge is 0.239 e. The van der Waals surface area contributed by atoms with Gasteiger partial charge in [0, 0.05) is 0 Å². The van der Waals surface area contributed by atoms with Crippen LogP contribution in [0.2, 0.25) is 0 Å². The highest BCUT2D eigenvalue weighted by molar-refractivity contribution is 8.15. The van der Waals surface area contributed by atoms with Crippen LogP contribution in [0.15, 0.2) is 23.2 Å². The number of rotatable bonds is 2. The third-order valence-corrected chi connectivity index (χ3v) is 3.91. The van der Waals surface area contributed by atoms with Gasteiger partial charge < -0.3 is 5.32 Å². The first-order chi connectivity index (χ1) is 8.49. The second-order valence-electron chi connectivity index (χ2n) is 4.26. The molecule has 0 radical (unpaired) electrons. The van der Waals surface area contributed by atoms with Gasteiger partial charge in [0.15, 0.2) is 16.8 Å². The maximum Gasteiger partial charge on any atom is 0.239 e. The number of carbonyl (C=O) groups is 1. The molecule has 1 heterocycles. The Kier molecular flexibility index (Phi) is 3.65. The first kappa shape index (κ1) is 13.0. The Hall–Kier alpha value is -1.43. The van der Waals surface area contributed by atoms with Crippen molar-refractivity contribution in [3.05, 3.63) is 29.8 Å². The van der Waals surface area contributed by atoms with Gasteiger partial charge >= 0.3 is 0 Å². The number of nitrogens with zero attached hydrogens (tertiary/aromatic N) is 1. The Morgan fingerprint density at radius 3 is 2.72 bits per heavy atom. The van der Waals surface area contributed by atoms with Gasteiger partial charge in [-0.3, -0.25) is 4.79 Å². The minimum Gasteiger partial charge on any atom is -0.304 e. The number of carbonyl (C=O) groups excluding carboxylic acids is 1. The molecule has 3 nitrogen and oxygen atoms in total. The summed E-state index contributed by atoms with van der Waals surface area (Å²) >= 11 is 1.24. The summed E-state index contributed by atoms with van der Waals surface area (Å²) in [7, 11) is 0. The van der Waals surface area contributed by atoms with Crippen molar-refractivity contribution in [3.8, 4) is 0 Å². The van der Waals surface area contributed by atoms with Crippen molar-refractivity contribution in [1.82, 2.24) is 5.32 Å². The number of amides is 1. The van der Waals surface area contributed by atoms with E-state index in [0.29, 0.717) is 5.17 Å². The predicted octanol–water partition coefficient (Wildman–Crippen LogP) is 2.84. The molecular weight excluding hydrogens is 258 g/mol. The summed E-state index contributed by atoms with van der Waals surface area (Å²) in [5, 5.41) is 2.64. The maximum atomic E-state index is 13.4. The molecule has 18 heavy (non-hydrogen) atoms. The largest absolute Gasteiger partial charge is 0.304 e. The minimum atomic E-state index is -1.01. The molecule has 0 spiro atoms. The van der Waals surface area contributed by atoms with Gasteiger partial charge in [0.25, 0.3) is 0 Å². The fourth-order valence-electron chi connectivity index (χ4n) is 1.56. The zero-order valence-electron chi connectivity index (χ0n) is 9.91. The quantitative estimate of drug-likeness (QED) is 0.897. The van der Waals surface area contributed by atoms with Crippen molar-refractivity contribution in [3.63, 3.8) is 0 Å². The fraction of sp³-hybridized carbons (Fsp3) is 0.333. The van der Waals surface area contributed by atoms with Crippen LogP contribution >= 0.6 is 11.8 Å². The molecule has 1 aliphatic rings. The molecule has 1 aliphatic heterocycles. The summed E-state index contributed by atoms with van der Waals surface area (Å²) in [5.74, 6) is -1.95. The van der Waals surface area contributed by atoms with Crippen molar-refractivity contribution in [2.75, 3.05) is 0 Å². The number of amidine groups is 1. The van der Waals surface area contributed by atoms with Crippen molar-refractivity contribution in [2.24, 2.45) is 10.9 Å². The second-order valence-corrected chi connectivity index (χ2v) is 5.39. The molecule has 1 fully saturated rings. The van der Waals surface area contributed by atoms with Gasteiger partial charge in [-0.1, -0.05) is 31.7 Å². The second kappa shape index (κ2) is 5.06. The van der Waals surface area contributed by atoms with Crippen molar-refractivity contribution in [1.29, 1.82) is 0 Å². The lowest BCUT2D eigenvalue weighted by atomic mass is 10.1. The molecule has 1 unspecified atom stereocenters. The van der Waals surface area contributed by atoms with Gasteiger partial charge in [-0.2, -0.15) is 0 Å². The first-order valence-electron chi connectivity index (χ1n) is 5.49. The number of thioether (sulfide) groups is 1. The van der Waals surface area contributed by atoms with Crippen molar-refractivity contribution >= 4 is 28.5 Å². The molecule has 1 atom stereocenters. The standard InChI is InChI=1S/C12H12F2N2OS/c1-6(2)10-11(17)16-12(18-10)15-8-5-3-4-7(13)9(8)14/h3-6,10H,1-2H3,(H,15,16,17). The van der Waals surface area contributed by atoms with E-state index in [9.17, 15) is 13.6 Å². The molecule has 1 aromatic rings. The van der Waals surface area contributed by atoms with E-state index in [2.05, 4.69) is 10.3 Å². The lowest BCUT2D eigenvalue weighted by Crippen LogP contribution is -2.27. The minimum absolute atomic E-state index is 0.109. The van der Waals surface area contributed by atoms with E-state index in [1.807, 2.05) is 13.8 Å². The molecule has 0 aliphatic carbocycles. The van der Waals surface area contributed by atoms with Gasteiger partial charge in [-0.25, -0.2) is 13.8 Å². The Balaban J connectivity index is 2.26. The van der Waals surface area contributed by atoms with E-state index >= 15 is 0 Å². The van der Waals surface area contributed by atoms with Gasteiger partial charge in [0.05, 0.1) is 5.25 Å². The Labute approximate surface area is 108 Å². The third kappa shape index (κ3) is 2.53. The molecule has 2 rings (SSSR count). The molecule has 1 saturated heterocycles. The molecule has 0 saturated carbocycles. The number of hydrogen-bond donors (Lipinski definition) is 1. The number of benzene rings is 1. The summed E-state index contributed by atoms with van der Waals surface area (Å²) < 4.78 is 26.4. The predicted molar refractivity (Wildman–Crippen MR) is 67.8 cm³/mol. The van der Waals surface area contributed by atoms with E-state index < -0.39 is 11.6 Å². The van der Waals surface area contributed by atoms with Gasteiger partial charge in [0.2, 0.25) is 5.91 Å². The van der Waals surface area contributed by atoms with Crippen LogP contribution in [0.3, 0.4) is 0 Å². The molecular formula is C12H12F2N2OS. The molecule has 0 bridgehead atoms. The Morgan fingerprint density at radius 2 is 2.11 bits per heavy atom. The van der Waals surface area contributed by atoms with Crippen LogP contribution in [0.25, 0.3) is 0 Å². The number of halogens is 2. The highest BCUT2D eigenvalue weighted by Gasteiger charge is 2.32. The molecule has 1 aromatic carbocycles. The third-order valence-electron chi connectivity index (χ3n) is 2.49. The Morgan fingerprint density at radius 1 is 1.39 bits per heavy atom. The zero-order chi connectivity index (χ0) is 13.3. The van der Waals surface area contributed by atoms with E-state index in [4.69, 9.17) is 0 Å². The fourth-order valence-corrected chi connectivity index (χ4v) is 2.55. The first-order valence-corrected chi connectivity index (χ1v) is 6.37. The number of hydrogen-bond acceptors (Lipinski definition) is 3. The molecule has 0 aromatic heterocycles. The average molecular weight is 270 g/mol. The van der Waals surface area contributed by atoms with Gasteiger partial charge in [-0.15, -0.1) is 0 Å². The van der Waals surface area contributed by atoms with E-state index in [1.165, 1.54) is 23.9 Å². The molecule has 96 valence electrons. The van der Waals surface area contributed by atoms with Crippen molar-refractivity contribution in [2.45, 2.75) is 19.1 Å². The van der Waals surface area contributed by atoms with E-state index in [0.717, 1.165) is 6.07 Å². The van der Waals surface area contributed by atoms with Crippen LogP contribution in [0.5, 0.6) is 0 Å². The molecule has 1 N–H and O–H groups in total. The lowest BCUT2D eigenvalue weighted by Gasteiger charge is -2.07. The highest BCUT2D eigenvalue weighted by atomic mass is 32.2. The van der Waals surface area contributed by atoms with E-state index in [-0.39, 0.29) is 22.8 Å². The van der Waals surface area contributed by atoms with Gasteiger partial charge in [-0.05, 0) is 18.1 Å². The number of aliphatic imine (C=N–C) groups is 1. The van der Waals surface area contributed by atoms with Gasteiger partial charge in [0.1, 0.15) is 5.69 Å². The summed E-state index contributed by atoms with van der Waals surface area (Å²) in [6.45, 7) is 3.84. The SMILES string of the molecule is CC(C)C1SC(=Nc2cccc(F)c2F)NC1=O. The van der Waals surface area contributed by atoms with E-state index in [1.54, 1.807) is 0 Å². The maximum absolute atomic E-state index is 13.4. The Bertz CT molecular complexity index is 517. The zero-order valence-corrected chi connectivity index (χ0v) is 10.7. The van der Waals surface area contributed by atoms with Crippen LogP contribution in [-0.4, -0.2) is 16.3 Å². The summed E-state index contributed by atoms with van der Waals surface area (Å²) in [5.41, 5.74) is -0.109. The normalized spacial score (nSPS) is 21.7. The van der Waals surface area contributed by atoms with Crippen LogP contribution in [0, 0.1) is 17.6 Å². The summed E-state index contributed by atoms with van der Waals surface area (Å²) in [6.07, 6.45) is 0. The molecule has 1 amide bonds. The summed E-state index contributed by atoms with van der Waals surface area (Å²) in [6, 6.07) is 3.76. The lowest BCUT2D eigenvalue weighted by molar-refractivity contribution is -0.119. The van der Waals surface area contributed by atoms with Crippen LogP contribution in [-0.2, 0) is 4.79 Å². The topological polar surface area (TPSA) is 41.5 Å². The van der Waals surface area contributed by atoms with Crippen LogP contribution in [0.1, 0.15) is 13.8 Å². The highest BCUT2D eigenvalue weighted by Crippen LogP contribution is 2.29.